The van der Waals surface area contributed by atoms with Crippen LogP contribution < -0.4 is 14.4 Å². The van der Waals surface area contributed by atoms with Crippen LogP contribution in [0.5, 0.6) is 11.5 Å². The summed E-state index contributed by atoms with van der Waals surface area (Å²) < 4.78 is 10.9. The summed E-state index contributed by atoms with van der Waals surface area (Å²) in [5.41, 5.74) is 1.76. The predicted octanol–water partition coefficient (Wildman–Crippen LogP) is 2.42. The van der Waals surface area contributed by atoms with E-state index in [4.69, 9.17) is 14.5 Å². The average Bonchev–Trinajstić information content (AvgIpc) is 3.46. The topological polar surface area (TPSA) is 67.7 Å². The van der Waals surface area contributed by atoms with E-state index < -0.39 is 6.10 Å². The number of fused-ring (bicyclic) bond motifs is 1. The first kappa shape index (κ1) is 15.2. The molecule has 1 aromatic heterocycles. The zero-order valence-electron chi connectivity index (χ0n) is 13.9. The van der Waals surface area contributed by atoms with Gasteiger partial charge < -0.3 is 19.5 Å². The van der Waals surface area contributed by atoms with Crippen molar-refractivity contribution in [3.63, 3.8) is 0 Å². The van der Waals surface area contributed by atoms with Crippen LogP contribution in [0.2, 0.25) is 0 Å². The first-order valence-corrected chi connectivity index (χ1v) is 8.21. The van der Waals surface area contributed by atoms with E-state index in [0.29, 0.717) is 24.8 Å². The summed E-state index contributed by atoms with van der Waals surface area (Å²) in [4.78, 5) is 11.1. The van der Waals surface area contributed by atoms with Gasteiger partial charge >= 0.3 is 0 Å². The minimum Gasteiger partial charge on any atom is -0.496 e. The van der Waals surface area contributed by atoms with E-state index in [1.54, 1.807) is 20.4 Å². The Balaban J connectivity index is 1.71. The second-order valence-corrected chi connectivity index (χ2v) is 6.31. The second-order valence-electron chi connectivity index (χ2n) is 6.31. The normalized spacial score (nSPS) is 19.8. The van der Waals surface area contributed by atoms with Crippen molar-refractivity contribution >= 4 is 5.82 Å². The molecule has 1 atom stereocenters. The van der Waals surface area contributed by atoms with Crippen molar-refractivity contribution in [1.29, 1.82) is 0 Å². The van der Waals surface area contributed by atoms with Crippen LogP contribution >= 0.6 is 0 Å². The molecule has 1 aliphatic heterocycles. The monoisotopic (exact) mass is 327 g/mol. The highest BCUT2D eigenvalue weighted by molar-refractivity contribution is 5.55. The van der Waals surface area contributed by atoms with Crippen LogP contribution in [0.15, 0.2) is 24.4 Å². The molecular weight excluding hydrogens is 306 g/mol. The molecule has 0 bridgehead atoms. The number of hydrogen-bond donors (Lipinski definition) is 1. The van der Waals surface area contributed by atoms with Crippen LogP contribution in [-0.2, 0) is 6.54 Å². The van der Waals surface area contributed by atoms with E-state index >= 15 is 0 Å². The van der Waals surface area contributed by atoms with Gasteiger partial charge in [0.2, 0.25) is 0 Å². The minimum atomic E-state index is -0.654. The maximum Gasteiger partial charge on any atom is 0.133 e. The zero-order chi connectivity index (χ0) is 16.7. The molecule has 1 aromatic carbocycles. The molecule has 1 aliphatic carbocycles. The SMILES string of the molecule is COc1ccc(OC)c2c1CN(c1ccnc(C3CC3)n1)C[C@H]2O. The highest BCUT2D eigenvalue weighted by atomic mass is 16.5. The number of β-amino-alcohol motifs (C(OH)–C–C–N with tert-alkyl or cyclic N) is 1. The summed E-state index contributed by atoms with van der Waals surface area (Å²) >= 11 is 0. The molecule has 2 aromatic rings. The smallest absolute Gasteiger partial charge is 0.133 e. The van der Waals surface area contributed by atoms with Crippen molar-refractivity contribution in [2.45, 2.75) is 31.4 Å². The number of benzene rings is 1. The third-order valence-electron chi connectivity index (χ3n) is 4.72. The van der Waals surface area contributed by atoms with Crippen molar-refractivity contribution in [2.24, 2.45) is 0 Å². The molecule has 126 valence electrons. The van der Waals surface area contributed by atoms with Crippen LogP contribution in [0.4, 0.5) is 5.82 Å². The number of rotatable bonds is 4. The van der Waals surface area contributed by atoms with E-state index in [1.165, 1.54) is 12.8 Å². The van der Waals surface area contributed by atoms with Gasteiger partial charge in [0.05, 0.1) is 20.8 Å². The van der Waals surface area contributed by atoms with Crippen LogP contribution in [0.1, 0.15) is 41.8 Å². The van der Waals surface area contributed by atoms with Crippen LogP contribution in [0.25, 0.3) is 0 Å². The van der Waals surface area contributed by atoms with E-state index in [9.17, 15) is 5.11 Å². The maximum absolute atomic E-state index is 10.7. The number of ether oxygens (including phenoxy) is 2. The van der Waals surface area contributed by atoms with Crippen molar-refractivity contribution in [2.75, 3.05) is 25.7 Å². The molecule has 0 spiro atoms. The molecule has 0 radical (unpaired) electrons. The third kappa shape index (κ3) is 2.57. The number of aliphatic hydroxyl groups excluding tert-OH is 1. The molecule has 1 fully saturated rings. The number of nitrogens with zero attached hydrogens (tertiary/aromatic N) is 3. The summed E-state index contributed by atoms with van der Waals surface area (Å²) in [6.07, 6.45) is 3.48. The van der Waals surface area contributed by atoms with Gasteiger partial charge in [-0.1, -0.05) is 0 Å². The summed E-state index contributed by atoms with van der Waals surface area (Å²) in [6.45, 7) is 1.09. The Morgan fingerprint density at radius 2 is 1.88 bits per heavy atom. The first-order chi connectivity index (χ1) is 11.7. The standard InChI is InChI=1S/C18H21N3O3/c1-23-14-5-6-15(24-2)17-12(14)9-21(10-13(17)22)16-7-8-19-18(20-16)11-3-4-11/h5-8,11,13,22H,3-4,9-10H2,1-2H3/t13-/m1/s1. The van der Waals surface area contributed by atoms with Crippen molar-refractivity contribution < 1.29 is 14.6 Å². The van der Waals surface area contributed by atoms with E-state index in [-0.39, 0.29) is 0 Å². The van der Waals surface area contributed by atoms with Gasteiger partial charge in [0.1, 0.15) is 29.2 Å². The van der Waals surface area contributed by atoms with Gasteiger partial charge in [-0.15, -0.1) is 0 Å². The quantitative estimate of drug-likeness (QED) is 0.930. The van der Waals surface area contributed by atoms with Gasteiger partial charge in [0.25, 0.3) is 0 Å². The first-order valence-electron chi connectivity index (χ1n) is 8.21. The van der Waals surface area contributed by atoms with Crippen molar-refractivity contribution in [3.8, 4) is 11.5 Å². The molecule has 2 heterocycles. The van der Waals surface area contributed by atoms with Gasteiger partial charge in [-0.2, -0.15) is 0 Å². The number of aliphatic hydroxyl groups is 1. The van der Waals surface area contributed by atoms with Gasteiger partial charge in [-0.05, 0) is 31.0 Å². The van der Waals surface area contributed by atoms with Crippen molar-refractivity contribution in [1.82, 2.24) is 9.97 Å². The molecule has 1 N–H and O–H groups in total. The van der Waals surface area contributed by atoms with Gasteiger partial charge in [-0.3, -0.25) is 0 Å². The molecular formula is C18H21N3O3. The molecule has 6 nitrogen and oxygen atoms in total. The highest BCUT2D eigenvalue weighted by Gasteiger charge is 2.31. The Hall–Kier alpha value is -2.34. The summed E-state index contributed by atoms with van der Waals surface area (Å²) in [5, 5.41) is 10.7. The maximum atomic E-state index is 10.7. The lowest BCUT2D eigenvalue weighted by molar-refractivity contribution is 0.169. The molecule has 0 saturated heterocycles. The molecule has 1 saturated carbocycles. The summed E-state index contributed by atoms with van der Waals surface area (Å²) in [7, 11) is 3.26. The molecule has 6 heteroatoms. The second kappa shape index (κ2) is 5.94. The molecule has 24 heavy (non-hydrogen) atoms. The Kier molecular flexibility index (Phi) is 3.76. The van der Waals surface area contributed by atoms with Crippen LogP contribution in [-0.4, -0.2) is 35.8 Å². The zero-order valence-corrected chi connectivity index (χ0v) is 13.9. The fraction of sp³-hybridized carbons (Fsp3) is 0.444. The number of anilines is 1. The Labute approximate surface area is 141 Å². The lowest BCUT2D eigenvalue weighted by Gasteiger charge is -2.34. The average molecular weight is 327 g/mol. The number of methoxy groups -OCH3 is 2. The molecule has 4 rings (SSSR count). The highest BCUT2D eigenvalue weighted by Crippen LogP contribution is 2.41. The van der Waals surface area contributed by atoms with Gasteiger partial charge in [0, 0.05) is 29.8 Å². The number of hydrogen-bond acceptors (Lipinski definition) is 6. The van der Waals surface area contributed by atoms with E-state index in [2.05, 4.69) is 9.88 Å². The van der Waals surface area contributed by atoms with Gasteiger partial charge in [-0.25, -0.2) is 9.97 Å². The Morgan fingerprint density at radius 1 is 1.12 bits per heavy atom. The fourth-order valence-electron chi connectivity index (χ4n) is 3.33. The number of aromatic nitrogens is 2. The van der Waals surface area contributed by atoms with Crippen LogP contribution in [0, 0.1) is 0 Å². The minimum absolute atomic E-state index is 0.470. The van der Waals surface area contributed by atoms with Crippen molar-refractivity contribution in [3.05, 3.63) is 41.3 Å². The van der Waals surface area contributed by atoms with E-state index in [1.807, 2.05) is 18.2 Å². The molecule has 0 unspecified atom stereocenters. The molecule has 0 amide bonds. The largest absolute Gasteiger partial charge is 0.496 e. The predicted molar refractivity (Wildman–Crippen MR) is 89.6 cm³/mol. The summed E-state index contributed by atoms with van der Waals surface area (Å²) in [6, 6.07) is 5.62. The molecule has 2 aliphatic rings. The fourth-order valence-corrected chi connectivity index (χ4v) is 3.33. The Morgan fingerprint density at radius 3 is 2.58 bits per heavy atom. The summed E-state index contributed by atoms with van der Waals surface area (Å²) in [5.74, 6) is 3.71. The van der Waals surface area contributed by atoms with Crippen LogP contribution in [0.3, 0.4) is 0 Å². The van der Waals surface area contributed by atoms with E-state index in [0.717, 1.165) is 28.5 Å². The Bertz CT molecular complexity index is 761. The lowest BCUT2D eigenvalue weighted by Crippen LogP contribution is -2.35. The van der Waals surface area contributed by atoms with Gasteiger partial charge in [0.15, 0.2) is 0 Å². The lowest BCUT2D eigenvalue weighted by atomic mass is 9.95. The third-order valence-corrected chi connectivity index (χ3v) is 4.72.